The molecule has 0 heterocycles. The zero-order valence-corrected chi connectivity index (χ0v) is 79.0. The van der Waals surface area contributed by atoms with E-state index in [0.717, 1.165) is 141 Å². The van der Waals surface area contributed by atoms with E-state index >= 15 is 0 Å². The Balaban J connectivity index is -0.0000103. The van der Waals surface area contributed by atoms with Crippen molar-refractivity contribution in [1.29, 1.82) is 0 Å². The number of phosphoric acid groups is 2. The van der Waals surface area contributed by atoms with Gasteiger partial charge in [0.1, 0.15) is 12.2 Å². The Bertz CT molecular complexity index is 2280. The predicted octanol–water partition coefficient (Wildman–Crippen LogP) is 13.6. The van der Waals surface area contributed by atoms with E-state index < -0.39 is 91.3 Å². The largest absolute Gasteiger partial charge is 1.00 e. The van der Waals surface area contributed by atoms with Crippen molar-refractivity contribution >= 4 is 51.2 Å². The van der Waals surface area contributed by atoms with Gasteiger partial charge in [-0.1, -0.05) is 284 Å². The average molecular weight is 1680 g/mol. The van der Waals surface area contributed by atoms with Crippen LogP contribution in [0.2, 0.25) is 0 Å². The Morgan fingerprint density at radius 3 is 0.912 bits per heavy atom. The number of rotatable bonds is 85. The van der Waals surface area contributed by atoms with Crippen molar-refractivity contribution in [2.75, 3.05) is 65.9 Å². The molecule has 0 saturated heterocycles. The Labute approximate surface area is 739 Å². The second-order valence-corrected chi connectivity index (χ2v) is 33.5. The number of amides is 4. The molecule has 0 aromatic carbocycles. The Hall–Kier alpha value is -1.64. The van der Waals surface area contributed by atoms with Crippen LogP contribution in [0.25, 0.3) is 0 Å². The van der Waals surface area contributed by atoms with Gasteiger partial charge in [0.2, 0.25) is 11.8 Å². The number of ether oxygens (including phenoxy) is 4. The molecule has 0 fully saturated rings. The second kappa shape index (κ2) is 84.9. The normalized spacial score (nSPS) is 14.2. The van der Waals surface area contributed by atoms with Gasteiger partial charge in [-0.15, -0.1) is 0 Å². The maximum absolute atomic E-state index is 13.3. The SMILES string of the molecule is CCCCCC/C=C\CCCC(=O)O[C@H](CCCCCCC)CCOCC(COP(=O)(O)OCCNC(=O)[C@@H](O)[C@@H](O)C(=O)NCCOP(=O)(O)OCC(COCC[C@@H](CCCCCCC)OC(=O)CCC/C=C\CCCCCC)NC(=O)CCCCCCCCCCCCC)NC(=O)CCCCCCCCCCCCC.[H-].[H-].[Na+].[Na+]. The first kappa shape index (κ1) is 117. The molecule has 28 heteroatoms. The maximum Gasteiger partial charge on any atom is 1.00 e. The summed E-state index contributed by atoms with van der Waals surface area (Å²) in [5, 5.41) is 31.4. The number of phosphoric ester groups is 2. The molecule has 4 amide bonds. The van der Waals surface area contributed by atoms with E-state index in [2.05, 4.69) is 87.1 Å². The number of carbonyl (C=O) groups is 6. The molecule has 0 aliphatic heterocycles. The molecule has 0 saturated carbocycles. The molecule has 0 aromatic heterocycles. The first-order chi connectivity index (χ1) is 54.3. The van der Waals surface area contributed by atoms with E-state index in [9.17, 15) is 57.9 Å². The molecule has 114 heavy (non-hydrogen) atoms. The first-order valence-electron chi connectivity index (χ1n) is 44.8. The summed E-state index contributed by atoms with van der Waals surface area (Å²) in [5.41, 5.74) is 0. The summed E-state index contributed by atoms with van der Waals surface area (Å²) in [6.45, 7) is 10.1. The minimum Gasteiger partial charge on any atom is -1.00 e. The molecule has 0 rings (SSSR count). The standard InChI is InChI=1S/C86H164N4O20P2.2Na.2H/c1-7-13-19-25-29-33-35-39-41-47-53-59-79(91)89-75(71-103-67-63-77(57-51-45-23-17-11-5)109-81(93)61-55-49-43-37-31-27-21-15-9-3)73-107-111(99,100)105-69-65-87-85(97)83(95)84(96)86(98)88-66-70-106-112(101,102)108-74-76(90-80(92)60-54-48-42-40-36-34-30-26-20-14-8-2)72-104-68-64-78(58-52-46-24-18-12-6)110-82(94)62-56-50-44-38-32-28-22-16-10-4;;;;/h37-38,43-44,75-78,83-84,95-96H,7-36,39-42,45-74H2,1-6H3,(H,87,97)(H,88,98)(H,89,91)(H,90,92)(H,99,100)(H,101,102);;;;/q;2*+1;2*-1/b43-37-,44-38-;;;;/t75?,76?,77-,78-,83-,84+;;;;/m1..../s1. The molecule has 8 N–H and O–H groups in total. The topological polar surface area (TPSA) is 339 Å². The second-order valence-electron chi connectivity index (χ2n) is 30.5. The predicted molar refractivity (Wildman–Crippen MR) is 451 cm³/mol. The molecule has 0 radical (unpaired) electrons. The van der Waals surface area contributed by atoms with Crippen molar-refractivity contribution in [1.82, 2.24) is 21.3 Å². The number of hydrogen-bond donors (Lipinski definition) is 8. The monoisotopic (exact) mass is 1680 g/mol. The van der Waals surface area contributed by atoms with E-state index in [4.69, 9.17) is 37.0 Å². The minimum atomic E-state index is -4.84. The van der Waals surface area contributed by atoms with Gasteiger partial charge >= 0.3 is 86.7 Å². The van der Waals surface area contributed by atoms with E-state index in [-0.39, 0.29) is 137 Å². The van der Waals surface area contributed by atoms with Crippen LogP contribution in [0.4, 0.5) is 0 Å². The van der Waals surface area contributed by atoms with Crippen LogP contribution in [0.3, 0.4) is 0 Å². The van der Waals surface area contributed by atoms with Crippen molar-refractivity contribution in [3.05, 3.63) is 24.3 Å². The van der Waals surface area contributed by atoms with Crippen molar-refractivity contribution in [3.63, 3.8) is 0 Å². The summed E-state index contributed by atoms with van der Waals surface area (Å²) in [7, 11) is -9.68. The van der Waals surface area contributed by atoms with Crippen LogP contribution >= 0.6 is 15.6 Å². The minimum absolute atomic E-state index is 0. The van der Waals surface area contributed by atoms with Crippen LogP contribution in [0, 0.1) is 0 Å². The molecule has 4 unspecified atom stereocenters. The van der Waals surface area contributed by atoms with Gasteiger partial charge in [0, 0.05) is 51.6 Å². The fourth-order valence-corrected chi connectivity index (χ4v) is 14.3. The van der Waals surface area contributed by atoms with E-state index in [1.54, 1.807) is 0 Å². The summed E-state index contributed by atoms with van der Waals surface area (Å²) in [4.78, 5) is 99.7. The third-order valence-corrected chi connectivity index (χ3v) is 21.7. The molecule has 0 bridgehead atoms. The van der Waals surface area contributed by atoms with Gasteiger partial charge in [-0.05, 0) is 89.9 Å². The van der Waals surface area contributed by atoms with Crippen LogP contribution in [-0.2, 0) is 74.9 Å². The number of carbonyl (C=O) groups excluding carboxylic acids is 6. The van der Waals surface area contributed by atoms with Crippen LogP contribution in [0.1, 0.15) is 391 Å². The summed E-state index contributed by atoms with van der Waals surface area (Å²) in [6, 6.07) is -1.76. The zero-order chi connectivity index (χ0) is 82.5. The number of unbranched alkanes of at least 4 members (excludes halogenated alkanes) is 38. The van der Waals surface area contributed by atoms with E-state index in [0.29, 0.717) is 64.2 Å². The maximum atomic E-state index is 13.3. The van der Waals surface area contributed by atoms with Gasteiger partial charge < -0.3 is 63.1 Å². The van der Waals surface area contributed by atoms with Gasteiger partial charge in [0.05, 0.1) is 64.9 Å². The number of allylic oxidation sites excluding steroid dienone is 4. The summed E-state index contributed by atoms with van der Waals surface area (Å²) < 4.78 is 71.2. The fourth-order valence-electron chi connectivity index (χ4n) is 12.8. The Morgan fingerprint density at radius 1 is 0.333 bits per heavy atom. The van der Waals surface area contributed by atoms with Crippen LogP contribution in [0.15, 0.2) is 24.3 Å². The summed E-state index contributed by atoms with van der Waals surface area (Å²) in [5.74, 6) is -3.56. The van der Waals surface area contributed by atoms with Crippen molar-refractivity contribution < 1.29 is 157 Å². The Morgan fingerprint density at radius 2 is 0.605 bits per heavy atom. The molecule has 8 atom stereocenters. The van der Waals surface area contributed by atoms with Gasteiger partial charge in [-0.3, -0.25) is 46.9 Å². The molecule has 0 aliphatic carbocycles. The third-order valence-electron chi connectivity index (χ3n) is 19.7. The quantitative estimate of drug-likeness (QED) is 0.00922. The van der Waals surface area contributed by atoms with Crippen molar-refractivity contribution in [2.24, 2.45) is 0 Å². The molecular weight excluding hydrogens is 1520 g/mol. The number of nitrogens with one attached hydrogen (secondary N) is 4. The van der Waals surface area contributed by atoms with Gasteiger partial charge in [0.15, 0.2) is 12.2 Å². The van der Waals surface area contributed by atoms with Gasteiger partial charge in [-0.25, -0.2) is 9.13 Å². The zero-order valence-electron chi connectivity index (χ0n) is 75.2. The van der Waals surface area contributed by atoms with Gasteiger partial charge in [0.25, 0.3) is 11.8 Å². The van der Waals surface area contributed by atoms with Gasteiger partial charge in [-0.2, -0.15) is 0 Å². The fraction of sp³-hybridized carbons (Fsp3) is 0.884. The van der Waals surface area contributed by atoms with Crippen molar-refractivity contribution in [2.45, 2.75) is 425 Å². The molecule has 0 aliphatic rings. The number of hydrogen-bond acceptors (Lipinski definition) is 18. The number of esters is 2. The van der Waals surface area contributed by atoms with E-state index in [1.165, 1.54) is 128 Å². The number of aliphatic hydroxyl groups is 2. The van der Waals surface area contributed by atoms with Crippen molar-refractivity contribution in [3.8, 4) is 0 Å². The van der Waals surface area contributed by atoms with Crippen LogP contribution in [0.5, 0.6) is 0 Å². The smallest absolute Gasteiger partial charge is 1.00 e. The Kier molecular flexibility index (Phi) is 86.8. The summed E-state index contributed by atoms with van der Waals surface area (Å²) in [6.07, 6.45) is 56.3. The molecule has 0 spiro atoms. The molecular formula is C86H166N4Na2O20P2. The van der Waals surface area contributed by atoms with E-state index in [1.807, 2.05) is 0 Å². The summed E-state index contributed by atoms with van der Waals surface area (Å²) >= 11 is 0. The first-order valence-corrected chi connectivity index (χ1v) is 47.8. The molecule has 662 valence electrons. The average Bonchev–Trinajstić information content (AvgIpc) is 0.901. The molecule has 24 nitrogen and oxygen atoms in total. The van der Waals surface area contributed by atoms with Crippen LogP contribution < -0.4 is 80.4 Å². The number of aliphatic hydroxyl groups excluding tert-OH is 2. The molecule has 0 aromatic rings. The third kappa shape index (κ3) is 77.7. The van der Waals surface area contributed by atoms with Crippen LogP contribution in [-0.4, -0.2) is 158 Å².